The van der Waals surface area contributed by atoms with Crippen LogP contribution in [0.4, 0.5) is 0 Å². The topological polar surface area (TPSA) is 12.0 Å². The summed E-state index contributed by atoms with van der Waals surface area (Å²) in [6.45, 7) is 3.32. The quantitative estimate of drug-likeness (QED) is 0.656. The van der Waals surface area contributed by atoms with Crippen molar-refractivity contribution in [1.29, 1.82) is 0 Å². The highest BCUT2D eigenvalue weighted by molar-refractivity contribution is 7.98. The molecular formula is C8H17NS. The number of nitrogens with one attached hydrogen (secondary N) is 1. The van der Waals surface area contributed by atoms with Gasteiger partial charge in [-0.2, -0.15) is 11.8 Å². The van der Waals surface area contributed by atoms with Crippen LogP contribution in [0.15, 0.2) is 0 Å². The van der Waals surface area contributed by atoms with Gasteiger partial charge in [0.2, 0.25) is 0 Å². The third kappa shape index (κ3) is 2.51. The maximum absolute atomic E-state index is 3.52. The van der Waals surface area contributed by atoms with Crippen molar-refractivity contribution in [3.63, 3.8) is 0 Å². The van der Waals surface area contributed by atoms with Gasteiger partial charge in [0.25, 0.3) is 0 Å². The summed E-state index contributed by atoms with van der Waals surface area (Å²) in [6, 6.07) is 0.806. The van der Waals surface area contributed by atoms with Crippen molar-refractivity contribution in [1.82, 2.24) is 5.32 Å². The summed E-state index contributed by atoms with van der Waals surface area (Å²) >= 11 is 1.96. The first-order chi connectivity index (χ1) is 4.88. The molecule has 1 saturated carbocycles. The van der Waals surface area contributed by atoms with E-state index in [1.165, 1.54) is 18.6 Å². The molecule has 0 radical (unpaired) electrons. The average Bonchev–Trinajstić information content (AvgIpc) is 2.69. The maximum atomic E-state index is 3.52. The molecule has 0 amide bonds. The summed E-state index contributed by atoms with van der Waals surface area (Å²) in [5.74, 6) is 2.30. The van der Waals surface area contributed by atoms with Gasteiger partial charge in [0.15, 0.2) is 0 Å². The zero-order chi connectivity index (χ0) is 7.40. The van der Waals surface area contributed by atoms with Crippen LogP contribution >= 0.6 is 11.8 Å². The van der Waals surface area contributed by atoms with Crippen molar-refractivity contribution in [2.45, 2.75) is 25.8 Å². The SMILES string of the molecule is CCNC(CSC)C1CC1. The van der Waals surface area contributed by atoms with E-state index < -0.39 is 0 Å². The molecule has 0 aliphatic heterocycles. The van der Waals surface area contributed by atoms with E-state index in [0.717, 1.165) is 18.5 Å². The molecule has 1 fully saturated rings. The van der Waals surface area contributed by atoms with E-state index in [2.05, 4.69) is 18.5 Å². The largest absolute Gasteiger partial charge is 0.313 e. The second-order valence-corrected chi connectivity index (χ2v) is 3.87. The van der Waals surface area contributed by atoms with Crippen LogP contribution < -0.4 is 5.32 Å². The molecule has 0 heterocycles. The van der Waals surface area contributed by atoms with E-state index in [0.29, 0.717) is 0 Å². The number of hydrogen-bond acceptors (Lipinski definition) is 2. The van der Waals surface area contributed by atoms with Gasteiger partial charge in [-0.1, -0.05) is 6.92 Å². The van der Waals surface area contributed by atoms with Gasteiger partial charge in [-0.25, -0.2) is 0 Å². The van der Waals surface area contributed by atoms with Crippen LogP contribution in [0.3, 0.4) is 0 Å². The molecule has 0 aromatic rings. The Morgan fingerprint density at radius 2 is 2.30 bits per heavy atom. The Morgan fingerprint density at radius 1 is 1.60 bits per heavy atom. The van der Waals surface area contributed by atoms with Gasteiger partial charge in [-0.3, -0.25) is 0 Å². The predicted octanol–water partition coefficient (Wildman–Crippen LogP) is 1.74. The Bertz CT molecular complexity index is 85.3. The lowest BCUT2D eigenvalue weighted by Crippen LogP contribution is -2.32. The minimum absolute atomic E-state index is 0.806. The monoisotopic (exact) mass is 159 g/mol. The van der Waals surface area contributed by atoms with Crippen LogP contribution in [0.25, 0.3) is 0 Å². The lowest BCUT2D eigenvalue weighted by atomic mass is 10.2. The fourth-order valence-corrected chi connectivity index (χ4v) is 2.05. The van der Waals surface area contributed by atoms with Crippen LogP contribution in [0, 0.1) is 5.92 Å². The highest BCUT2D eigenvalue weighted by atomic mass is 32.2. The minimum Gasteiger partial charge on any atom is -0.313 e. The lowest BCUT2D eigenvalue weighted by molar-refractivity contribution is 0.520. The summed E-state index contributed by atoms with van der Waals surface area (Å²) in [5.41, 5.74) is 0. The van der Waals surface area contributed by atoms with Crippen LogP contribution in [0.2, 0.25) is 0 Å². The fraction of sp³-hybridized carbons (Fsp3) is 1.00. The van der Waals surface area contributed by atoms with Crippen molar-refractivity contribution >= 4 is 11.8 Å². The third-order valence-electron chi connectivity index (χ3n) is 2.00. The molecule has 1 unspecified atom stereocenters. The first-order valence-corrected chi connectivity index (χ1v) is 5.50. The zero-order valence-electron chi connectivity index (χ0n) is 6.89. The Morgan fingerprint density at radius 3 is 2.70 bits per heavy atom. The molecule has 1 rings (SSSR count). The number of rotatable bonds is 5. The van der Waals surface area contributed by atoms with E-state index in [1.807, 2.05) is 11.8 Å². The van der Waals surface area contributed by atoms with E-state index in [-0.39, 0.29) is 0 Å². The molecule has 0 aromatic carbocycles. The standard InChI is InChI=1S/C8H17NS/c1-3-9-8(6-10-2)7-4-5-7/h7-9H,3-6H2,1-2H3. The molecule has 1 aliphatic rings. The van der Waals surface area contributed by atoms with Crippen LogP contribution in [0.1, 0.15) is 19.8 Å². The molecule has 0 saturated heterocycles. The fourth-order valence-electron chi connectivity index (χ4n) is 1.30. The molecule has 1 aliphatic carbocycles. The van der Waals surface area contributed by atoms with Crippen molar-refractivity contribution < 1.29 is 0 Å². The first kappa shape index (κ1) is 8.41. The summed E-state index contributed by atoms with van der Waals surface area (Å²) < 4.78 is 0. The number of thioether (sulfide) groups is 1. The van der Waals surface area contributed by atoms with E-state index >= 15 is 0 Å². The molecule has 1 nitrogen and oxygen atoms in total. The van der Waals surface area contributed by atoms with Crippen molar-refractivity contribution in [3.05, 3.63) is 0 Å². The molecular weight excluding hydrogens is 142 g/mol. The molecule has 1 atom stereocenters. The normalized spacial score (nSPS) is 21.0. The molecule has 60 valence electrons. The highest BCUT2D eigenvalue weighted by Crippen LogP contribution is 2.33. The van der Waals surface area contributed by atoms with Crippen LogP contribution in [0.5, 0.6) is 0 Å². The average molecular weight is 159 g/mol. The van der Waals surface area contributed by atoms with Gasteiger partial charge in [-0.15, -0.1) is 0 Å². The lowest BCUT2D eigenvalue weighted by Gasteiger charge is -2.14. The van der Waals surface area contributed by atoms with Crippen molar-refractivity contribution in [3.8, 4) is 0 Å². The van der Waals surface area contributed by atoms with E-state index in [4.69, 9.17) is 0 Å². The summed E-state index contributed by atoms with van der Waals surface area (Å²) in [7, 11) is 0. The maximum Gasteiger partial charge on any atom is 0.0186 e. The Labute approximate surface area is 68.0 Å². The summed E-state index contributed by atoms with van der Waals surface area (Å²) in [5, 5.41) is 3.52. The Hall–Kier alpha value is 0.310. The molecule has 0 spiro atoms. The van der Waals surface area contributed by atoms with Gasteiger partial charge in [0.05, 0.1) is 0 Å². The molecule has 0 aromatic heterocycles. The molecule has 0 bridgehead atoms. The van der Waals surface area contributed by atoms with Crippen LogP contribution in [-0.2, 0) is 0 Å². The van der Waals surface area contributed by atoms with Gasteiger partial charge in [-0.05, 0) is 31.6 Å². The second kappa shape index (κ2) is 4.24. The van der Waals surface area contributed by atoms with Gasteiger partial charge in [0, 0.05) is 11.8 Å². The van der Waals surface area contributed by atoms with Crippen LogP contribution in [-0.4, -0.2) is 24.6 Å². The van der Waals surface area contributed by atoms with Crippen molar-refractivity contribution in [2.75, 3.05) is 18.6 Å². The Kier molecular flexibility index (Phi) is 3.57. The van der Waals surface area contributed by atoms with Gasteiger partial charge >= 0.3 is 0 Å². The van der Waals surface area contributed by atoms with Gasteiger partial charge in [0.1, 0.15) is 0 Å². The van der Waals surface area contributed by atoms with E-state index in [1.54, 1.807) is 0 Å². The third-order valence-corrected chi connectivity index (χ3v) is 2.70. The predicted molar refractivity (Wildman–Crippen MR) is 48.6 cm³/mol. The first-order valence-electron chi connectivity index (χ1n) is 4.10. The van der Waals surface area contributed by atoms with E-state index in [9.17, 15) is 0 Å². The van der Waals surface area contributed by atoms with Gasteiger partial charge < -0.3 is 5.32 Å². The molecule has 10 heavy (non-hydrogen) atoms. The Balaban J connectivity index is 2.13. The summed E-state index contributed by atoms with van der Waals surface area (Å²) in [4.78, 5) is 0. The molecule has 1 N–H and O–H groups in total. The smallest absolute Gasteiger partial charge is 0.0186 e. The highest BCUT2D eigenvalue weighted by Gasteiger charge is 2.29. The number of hydrogen-bond donors (Lipinski definition) is 1. The zero-order valence-corrected chi connectivity index (χ0v) is 7.71. The summed E-state index contributed by atoms with van der Waals surface area (Å²) in [6.07, 6.45) is 5.10. The second-order valence-electron chi connectivity index (χ2n) is 2.96. The van der Waals surface area contributed by atoms with Crippen molar-refractivity contribution in [2.24, 2.45) is 5.92 Å². The minimum atomic E-state index is 0.806. The molecule has 2 heteroatoms.